The quantitative estimate of drug-likeness (QED) is 0.544. The highest BCUT2D eigenvalue weighted by Crippen LogP contribution is 2.52. The molecule has 0 aromatic rings. The molecule has 26 heavy (non-hydrogen) atoms. The molecule has 144 valence electrons. The molecular weight excluding hydrogens is 336 g/mol. The molecule has 0 spiro atoms. The minimum atomic E-state index is -0.957. The van der Waals surface area contributed by atoms with Gasteiger partial charge in [0.25, 0.3) is 0 Å². The van der Waals surface area contributed by atoms with Crippen molar-refractivity contribution in [2.45, 2.75) is 88.2 Å². The number of hydrogen-bond donors (Lipinski definition) is 2. The molecule has 0 unspecified atom stereocenters. The summed E-state index contributed by atoms with van der Waals surface area (Å²) in [5, 5.41) is 21.5. The van der Waals surface area contributed by atoms with Crippen LogP contribution < -0.4 is 0 Å². The van der Waals surface area contributed by atoms with Crippen molar-refractivity contribution in [3.8, 4) is 0 Å². The van der Waals surface area contributed by atoms with E-state index in [2.05, 4.69) is 12.7 Å². The van der Waals surface area contributed by atoms with E-state index < -0.39 is 18.2 Å². The topological polar surface area (TPSA) is 84.0 Å². The lowest BCUT2D eigenvalue weighted by molar-refractivity contribution is -0.253. The van der Waals surface area contributed by atoms with Crippen molar-refractivity contribution in [1.82, 2.24) is 0 Å². The molecular formula is C20H28O6. The van der Waals surface area contributed by atoms with Crippen LogP contribution in [0.4, 0.5) is 0 Å². The Labute approximate surface area is 153 Å². The normalized spacial score (nSPS) is 54.8. The molecule has 3 saturated heterocycles. The molecule has 1 saturated carbocycles. The van der Waals surface area contributed by atoms with Crippen molar-refractivity contribution in [2.24, 2.45) is 11.8 Å². The lowest BCUT2D eigenvalue weighted by Crippen LogP contribution is -2.44. The van der Waals surface area contributed by atoms with Gasteiger partial charge in [-0.2, -0.15) is 0 Å². The Hall–Kier alpha value is -0.760. The number of hydrogen-bond acceptors (Lipinski definition) is 6. The van der Waals surface area contributed by atoms with Crippen LogP contribution in [0.2, 0.25) is 0 Å². The second kappa shape index (κ2) is 5.40. The maximum absolute atomic E-state index is 10.8. The third kappa shape index (κ3) is 2.62. The zero-order chi connectivity index (χ0) is 18.4. The molecule has 4 fully saturated rings. The predicted octanol–water partition coefficient (Wildman–Crippen LogP) is 1.65. The highest BCUT2D eigenvalue weighted by Gasteiger charge is 2.58. The van der Waals surface area contributed by atoms with E-state index in [1.54, 1.807) is 0 Å². The lowest BCUT2D eigenvalue weighted by Gasteiger charge is -2.41. The Morgan fingerprint density at radius 1 is 1.15 bits per heavy atom. The van der Waals surface area contributed by atoms with E-state index in [1.807, 2.05) is 20.8 Å². The molecule has 4 heterocycles. The summed E-state index contributed by atoms with van der Waals surface area (Å²) < 4.78 is 23.3. The number of aliphatic hydroxyl groups excluding tert-OH is 1. The second-order valence-electron chi connectivity index (χ2n) is 9.25. The van der Waals surface area contributed by atoms with Crippen LogP contribution in [0, 0.1) is 11.8 Å². The first-order valence-corrected chi connectivity index (χ1v) is 9.61. The van der Waals surface area contributed by atoms with Crippen molar-refractivity contribution in [3.05, 3.63) is 23.8 Å². The van der Waals surface area contributed by atoms with Crippen LogP contribution in [-0.4, -0.2) is 58.4 Å². The molecule has 5 rings (SSSR count). The van der Waals surface area contributed by atoms with Crippen molar-refractivity contribution >= 4 is 0 Å². The minimum Gasteiger partial charge on any atom is -0.387 e. The number of fused-ring (bicyclic) bond motifs is 4. The molecule has 1 aliphatic carbocycles. The van der Waals surface area contributed by atoms with Crippen LogP contribution in [0.1, 0.15) is 40.0 Å². The van der Waals surface area contributed by atoms with Crippen molar-refractivity contribution in [3.63, 3.8) is 0 Å². The molecule has 0 aromatic carbocycles. The lowest BCUT2D eigenvalue weighted by atomic mass is 9.75. The van der Waals surface area contributed by atoms with Crippen LogP contribution in [-0.2, 0) is 18.9 Å². The molecule has 0 aromatic heterocycles. The fourth-order valence-corrected chi connectivity index (χ4v) is 5.13. The largest absolute Gasteiger partial charge is 0.387 e. The summed E-state index contributed by atoms with van der Waals surface area (Å²) in [7, 11) is 0. The molecule has 9 atom stereocenters. The average Bonchev–Trinajstić information content (AvgIpc) is 3.39. The van der Waals surface area contributed by atoms with E-state index in [4.69, 9.17) is 18.9 Å². The van der Waals surface area contributed by atoms with Crippen LogP contribution in [0.5, 0.6) is 0 Å². The van der Waals surface area contributed by atoms with Gasteiger partial charge in [0.15, 0.2) is 12.6 Å². The van der Waals surface area contributed by atoms with Gasteiger partial charge in [0.05, 0.1) is 17.3 Å². The number of epoxide rings is 2. The fourth-order valence-electron chi connectivity index (χ4n) is 5.13. The van der Waals surface area contributed by atoms with Gasteiger partial charge in [-0.3, -0.25) is 0 Å². The molecule has 4 aliphatic heterocycles. The Morgan fingerprint density at radius 2 is 1.88 bits per heavy atom. The number of rotatable bonds is 1. The molecule has 6 nitrogen and oxygen atoms in total. The maximum Gasteiger partial charge on any atom is 0.184 e. The van der Waals surface area contributed by atoms with Gasteiger partial charge in [0.1, 0.15) is 18.3 Å². The Balaban J connectivity index is 1.45. The summed E-state index contributed by atoms with van der Waals surface area (Å²) in [5.74, 6) is -0.154. The predicted molar refractivity (Wildman–Crippen MR) is 92.0 cm³/mol. The summed E-state index contributed by atoms with van der Waals surface area (Å²) in [5.41, 5.74) is 0.945. The Morgan fingerprint density at radius 3 is 2.58 bits per heavy atom. The van der Waals surface area contributed by atoms with E-state index in [0.29, 0.717) is 12.8 Å². The summed E-state index contributed by atoms with van der Waals surface area (Å²) in [4.78, 5) is 0. The van der Waals surface area contributed by atoms with Crippen molar-refractivity contribution in [2.75, 3.05) is 0 Å². The van der Waals surface area contributed by atoms with E-state index in [1.165, 1.54) is 0 Å². The first kappa shape index (κ1) is 17.3. The molecule has 0 bridgehead atoms. The van der Waals surface area contributed by atoms with Gasteiger partial charge in [0, 0.05) is 5.92 Å². The van der Waals surface area contributed by atoms with Crippen LogP contribution in [0.3, 0.4) is 0 Å². The summed E-state index contributed by atoms with van der Waals surface area (Å²) in [6, 6.07) is 0. The zero-order valence-electron chi connectivity index (χ0n) is 15.6. The highest BCUT2D eigenvalue weighted by atomic mass is 16.7. The number of aliphatic hydroxyl groups is 2. The maximum atomic E-state index is 10.8. The van der Waals surface area contributed by atoms with Crippen LogP contribution in [0.25, 0.3) is 0 Å². The SMILES string of the molecule is C=C1C[C@@H]2O[C@H]2[C@@](C)(O)CC[C@@H]2C3=C[C@H]([C@H]4OC4(C)C)O[C@H]3O[C@H](O)[C@@H]12. The van der Waals surface area contributed by atoms with Gasteiger partial charge in [-0.05, 0) is 57.6 Å². The smallest absolute Gasteiger partial charge is 0.184 e. The Kier molecular flexibility index (Phi) is 3.60. The van der Waals surface area contributed by atoms with Gasteiger partial charge in [0.2, 0.25) is 0 Å². The Bertz CT molecular complexity index is 667. The van der Waals surface area contributed by atoms with E-state index in [-0.39, 0.29) is 41.9 Å². The minimum absolute atomic E-state index is 0.0107. The van der Waals surface area contributed by atoms with E-state index >= 15 is 0 Å². The molecule has 5 aliphatic rings. The number of ether oxygens (including phenoxy) is 4. The molecule has 0 amide bonds. The molecule has 2 N–H and O–H groups in total. The van der Waals surface area contributed by atoms with E-state index in [0.717, 1.165) is 17.6 Å². The van der Waals surface area contributed by atoms with E-state index in [9.17, 15) is 10.2 Å². The molecule has 0 radical (unpaired) electrons. The highest BCUT2D eigenvalue weighted by molar-refractivity contribution is 5.28. The van der Waals surface area contributed by atoms with Gasteiger partial charge < -0.3 is 29.2 Å². The summed E-state index contributed by atoms with van der Waals surface area (Å²) in [6.07, 6.45) is 2.31. The second-order valence-corrected chi connectivity index (χ2v) is 9.25. The van der Waals surface area contributed by atoms with Crippen molar-refractivity contribution in [1.29, 1.82) is 0 Å². The van der Waals surface area contributed by atoms with Gasteiger partial charge in [-0.25, -0.2) is 0 Å². The fraction of sp³-hybridized carbons (Fsp3) is 0.800. The first-order valence-electron chi connectivity index (χ1n) is 9.61. The van der Waals surface area contributed by atoms with Crippen LogP contribution >= 0.6 is 0 Å². The average molecular weight is 364 g/mol. The summed E-state index contributed by atoms with van der Waals surface area (Å²) in [6.45, 7) is 10.2. The van der Waals surface area contributed by atoms with Gasteiger partial charge in [-0.1, -0.05) is 12.2 Å². The third-order valence-corrected chi connectivity index (χ3v) is 6.79. The van der Waals surface area contributed by atoms with Gasteiger partial charge in [-0.15, -0.1) is 0 Å². The standard InChI is InChI=1S/C20H28O6/c1-9-7-12-16(23-12)20(4,22)6-5-10-11-8-13(15-19(2,3)26-15)24-18(11)25-17(21)14(9)10/h8,10,12-18,21-22H,1,5-7H2,2-4H3/t10-,12+,13-,14+,15-,16-,17+,18+,20+/m1/s1. The molecule has 6 heteroatoms. The third-order valence-electron chi connectivity index (χ3n) is 6.79. The first-order chi connectivity index (χ1) is 12.2. The summed E-state index contributed by atoms with van der Waals surface area (Å²) >= 11 is 0. The monoisotopic (exact) mass is 364 g/mol. The van der Waals surface area contributed by atoms with Crippen LogP contribution in [0.15, 0.2) is 23.8 Å². The van der Waals surface area contributed by atoms with Gasteiger partial charge >= 0.3 is 0 Å². The van der Waals surface area contributed by atoms with Crippen molar-refractivity contribution < 1.29 is 29.2 Å². The zero-order valence-corrected chi connectivity index (χ0v) is 15.6.